The van der Waals surface area contributed by atoms with Crippen molar-refractivity contribution in [3.05, 3.63) is 34.7 Å². The van der Waals surface area contributed by atoms with Crippen LogP contribution in [-0.4, -0.2) is 6.21 Å². The van der Waals surface area contributed by atoms with Crippen molar-refractivity contribution in [2.24, 2.45) is 10.9 Å². The molecule has 1 aliphatic rings. The predicted octanol–water partition coefficient (Wildman–Crippen LogP) is 0.926. The molecule has 60 valence electrons. The molecule has 1 heterocycles. The summed E-state index contributed by atoms with van der Waals surface area (Å²) in [5, 5.41) is 2.49. The maximum atomic E-state index is 4.21. The molecule has 1 aliphatic heterocycles. The van der Waals surface area contributed by atoms with E-state index in [0.29, 0.717) is 5.92 Å². The second kappa shape index (κ2) is 2.94. The number of rotatable bonds is 0. The number of nitrogens with zero attached hydrogens (tertiary/aromatic N) is 1. The molecule has 0 N–H and O–H groups in total. The first-order valence-electron chi connectivity index (χ1n) is 4.17. The van der Waals surface area contributed by atoms with Gasteiger partial charge in [-0.15, -0.1) is 0 Å². The highest BCUT2D eigenvalue weighted by molar-refractivity contribution is 5.72. The molecule has 0 spiro atoms. The average Bonchev–Trinajstić information content (AvgIpc) is 2.25. The van der Waals surface area contributed by atoms with Crippen molar-refractivity contribution in [1.82, 2.24) is 0 Å². The van der Waals surface area contributed by atoms with Gasteiger partial charge in [0.05, 0.1) is 0 Å². The zero-order chi connectivity index (χ0) is 8.39. The summed E-state index contributed by atoms with van der Waals surface area (Å²) in [7, 11) is 0. The van der Waals surface area contributed by atoms with Crippen LogP contribution in [0.15, 0.2) is 29.3 Å². The Morgan fingerprint density at radius 2 is 1.92 bits per heavy atom. The zero-order valence-electron chi connectivity index (χ0n) is 7.07. The number of aliphatic imine (C=N–C) groups is 1. The van der Waals surface area contributed by atoms with Crippen LogP contribution >= 0.6 is 0 Å². The van der Waals surface area contributed by atoms with Crippen molar-refractivity contribution in [1.29, 1.82) is 0 Å². The van der Waals surface area contributed by atoms with E-state index in [1.807, 2.05) is 18.5 Å². The fraction of sp³-hybridized carbons (Fsp3) is 0.182. The minimum absolute atomic E-state index is 0.435. The van der Waals surface area contributed by atoms with Gasteiger partial charge in [0.1, 0.15) is 0 Å². The van der Waals surface area contributed by atoms with Crippen molar-refractivity contribution in [2.45, 2.75) is 6.92 Å². The molecule has 0 amide bonds. The Labute approximate surface area is 71.8 Å². The molecule has 1 atom stereocenters. The minimum Gasteiger partial charge on any atom is -0.268 e. The Morgan fingerprint density at radius 1 is 1.17 bits per heavy atom. The second-order valence-electron chi connectivity index (χ2n) is 3.08. The molecular weight excluding hydrogens is 146 g/mol. The summed E-state index contributed by atoms with van der Waals surface area (Å²) in [6.07, 6.45) is 6.09. The highest BCUT2D eigenvalue weighted by atomic mass is 14.7. The third kappa shape index (κ3) is 1.30. The van der Waals surface area contributed by atoms with Gasteiger partial charge in [-0.3, -0.25) is 4.99 Å². The lowest BCUT2D eigenvalue weighted by Gasteiger charge is -1.92. The van der Waals surface area contributed by atoms with Gasteiger partial charge in [0.15, 0.2) is 0 Å². The van der Waals surface area contributed by atoms with Crippen LogP contribution in [0.25, 0.3) is 12.3 Å². The summed E-state index contributed by atoms with van der Waals surface area (Å²) >= 11 is 0. The van der Waals surface area contributed by atoms with Gasteiger partial charge in [0.2, 0.25) is 0 Å². The lowest BCUT2D eigenvalue weighted by Crippen LogP contribution is -2.23. The summed E-state index contributed by atoms with van der Waals surface area (Å²) in [5.41, 5.74) is 0. The summed E-state index contributed by atoms with van der Waals surface area (Å²) in [4.78, 5) is 4.21. The van der Waals surface area contributed by atoms with Gasteiger partial charge >= 0.3 is 0 Å². The summed E-state index contributed by atoms with van der Waals surface area (Å²) in [6.45, 7) is 2.14. The van der Waals surface area contributed by atoms with Gasteiger partial charge in [-0.1, -0.05) is 37.3 Å². The molecular formula is C11H11N. The highest BCUT2D eigenvalue weighted by Crippen LogP contribution is 1.93. The van der Waals surface area contributed by atoms with Gasteiger partial charge in [-0.25, -0.2) is 0 Å². The molecule has 0 bridgehead atoms. The third-order valence-electron chi connectivity index (χ3n) is 1.97. The molecule has 12 heavy (non-hydrogen) atoms. The molecule has 0 saturated heterocycles. The zero-order valence-corrected chi connectivity index (χ0v) is 7.07. The fourth-order valence-electron chi connectivity index (χ4n) is 1.37. The van der Waals surface area contributed by atoms with E-state index in [4.69, 9.17) is 0 Å². The summed E-state index contributed by atoms with van der Waals surface area (Å²) in [5.74, 6) is 0.435. The van der Waals surface area contributed by atoms with E-state index < -0.39 is 0 Å². The number of hydrogen-bond acceptors (Lipinski definition) is 1. The molecule has 1 nitrogen and oxygen atoms in total. The molecule has 1 aromatic rings. The van der Waals surface area contributed by atoms with Crippen LogP contribution in [0.5, 0.6) is 0 Å². The SMILES string of the molecule is C[C@@H]1C=NC=c2ccccc2=C1. The van der Waals surface area contributed by atoms with Crippen molar-refractivity contribution in [3.63, 3.8) is 0 Å². The fourth-order valence-corrected chi connectivity index (χ4v) is 1.37. The first kappa shape index (κ1) is 7.29. The third-order valence-corrected chi connectivity index (χ3v) is 1.97. The van der Waals surface area contributed by atoms with Crippen molar-refractivity contribution < 1.29 is 0 Å². The van der Waals surface area contributed by atoms with E-state index in [2.05, 4.69) is 36.2 Å². The van der Waals surface area contributed by atoms with Crippen molar-refractivity contribution in [2.75, 3.05) is 0 Å². The van der Waals surface area contributed by atoms with Crippen LogP contribution in [0, 0.1) is 5.92 Å². The molecule has 0 radical (unpaired) electrons. The van der Waals surface area contributed by atoms with E-state index in [-0.39, 0.29) is 0 Å². The maximum Gasteiger partial charge on any atom is 0.0342 e. The van der Waals surface area contributed by atoms with Crippen LogP contribution in [0.3, 0.4) is 0 Å². The molecule has 0 saturated carbocycles. The van der Waals surface area contributed by atoms with Crippen LogP contribution in [-0.2, 0) is 0 Å². The largest absolute Gasteiger partial charge is 0.268 e. The highest BCUT2D eigenvalue weighted by Gasteiger charge is 1.94. The lowest BCUT2D eigenvalue weighted by molar-refractivity contribution is 1.09. The van der Waals surface area contributed by atoms with Crippen molar-refractivity contribution in [3.8, 4) is 0 Å². The quantitative estimate of drug-likeness (QED) is 0.531. The first-order chi connectivity index (χ1) is 5.86. The van der Waals surface area contributed by atoms with E-state index in [1.54, 1.807) is 0 Å². The van der Waals surface area contributed by atoms with Gasteiger partial charge in [0.25, 0.3) is 0 Å². The number of fused-ring (bicyclic) bond motifs is 1. The Bertz CT molecular complexity index is 415. The normalized spacial score (nSPS) is 20.2. The van der Waals surface area contributed by atoms with E-state index >= 15 is 0 Å². The molecule has 0 fully saturated rings. The maximum absolute atomic E-state index is 4.21. The predicted molar refractivity (Wildman–Crippen MR) is 52.3 cm³/mol. The van der Waals surface area contributed by atoms with Crippen LogP contribution in [0.2, 0.25) is 0 Å². The lowest BCUT2D eigenvalue weighted by atomic mass is 10.1. The summed E-state index contributed by atoms with van der Waals surface area (Å²) in [6, 6.07) is 8.30. The smallest absolute Gasteiger partial charge is 0.0342 e. The van der Waals surface area contributed by atoms with Crippen molar-refractivity contribution >= 4 is 18.5 Å². The van der Waals surface area contributed by atoms with E-state index in [9.17, 15) is 0 Å². The Hall–Kier alpha value is -1.37. The van der Waals surface area contributed by atoms with Gasteiger partial charge in [-0.05, 0) is 10.4 Å². The Balaban J connectivity index is 2.75. The van der Waals surface area contributed by atoms with Crippen LogP contribution < -0.4 is 10.4 Å². The standard InChI is InChI=1S/C11H11N/c1-9-6-10-4-2-3-5-11(10)8-12-7-9/h2-9H,1H3/t9-/m0/s1. The summed E-state index contributed by atoms with van der Waals surface area (Å²) < 4.78 is 0. The molecule has 0 unspecified atom stereocenters. The van der Waals surface area contributed by atoms with Crippen LogP contribution in [0.4, 0.5) is 0 Å². The molecule has 2 rings (SSSR count). The number of benzene rings is 1. The van der Waals surface area contributed by atoms with Gasteiger partial charge in [0, 0.05) is 18.3 Å². The average molecular weight is 157 g/mol. The van der Waals surface area contributed by atoms with E-state index in [1.165, 1.54) is 10.4 Å². The molecule has 0 aromatic heterocycles. The second-order valence-corrected chi connectivity index (χ2v) is 3.08. The first-order valence-corrected chi connectivity index (χ1v) is 4.17. The number of hydrogen-bond donors (Lipinski definition) is 0. The van der Waals surface area contributed by atoms with E-state index in [0.717, 1.165) is 0 Å². The minimum atomic E-state index is 0.435. The van der Waals surface area contributed by atoms with Gasteiger partial charge in [-0.2, -0.15) is 0 Å². The Kier molecular flexibility index (Phi) is 1.78. The van der Waals surface area contributed by atoms with Crippen LogP contribution in [0.1, 0.15) is 6.92 Å². The molecule has 0 aliphatic carbocycles. The topological polar surface area (TPSA) is 12.4 Å². The molecule has 1 heteroatoms. The monoisotopic (exact) mass is 157 g/mol. The Morgan fingerprint density at radius 3 is 2.75 bits per heavy atom. The molecule has 1 aromatic carbocycles. The van der Waals surface area contributed by atoms with Gasteiger partial charge < -0.3 is 0 Å².